The van der Waals surface area contributed by atoms with Gasteiger partial charge in [0, 0.05) is 18.6 Å². The lowest BCUT2D eigenvalue weighted by Crippen LogP contribution is -2.32. The van der Waals surface area contributed by atoms with E-state index in [1.165, 1.54) is 33.3 Å². The molecule has 0 aliphatic carbocycles. The first kappa shape index (κ1) is 21.2. The lowest BCUT2D eigenvalue weighted by molar-refractivity contribution is -0.403. The summed E-state index contributed by atoms with van der Waals surface area (Å²) in [5.41, 5.74) is 5.67. The van der Waals surface area contributed by atoms with E-state index >= 15 is 0 Å². The van der Waals surface area contributed by atoms with Gasteiger partial charge in [-0.1, -0.05) is 54.6 Å². The van der Waals surface area contributed by atoms with Crippen LogP contribution in [-0.2, 0) is 26.4 Å². The Balaban J connectivity index is 0.000000353. The molecule has 1 heterocycles. The monoisotopic (exact) mass is 411 g/mol. The van der Waals surface area contributed by atoms with Gasteiger partial charge in [-0.2, -0.15) is 0 Å². The Morgan fingerprint density at radius 3 is 2.21 bits per heavy atom. The smallest absolute Gasteiger partial charge is 0.217 e. The molecular weight excluding hydrogens is 386 g/mol. The summed E-state index contributed by atoms with van der Waals surface area (Å²) in [6.07, 6.45) is 1.03. The van der Waals surface area contributed by atoms with Gasteiger partial charge in [-0.3, -0.25) is 4.18 Å². The average molecular weight is 412 g/mol. The van der Waals surface area contributed by atoms with Crippen LogP contribution in [0, 0.1) is 0 Å². The molecule has 1 atom stereocenters. The van der Waals surface area contributed by atoms with Crippen molar-refractivity contribution in [2.45, 2.75) is 25.7 Å². The van der Waals surface area contributed by atoms with Crippen molar-refractivity contribution in [3.05, 3.63) is 77.9 Å². The lowest BCUT2D eigenvalue weighted by Gasteiger charge is -2.23. The van der Waals surface area contributed by atoms with E-state index in [2.05, 4.69) is 96.4 Å². The minimum absolute atomic E-state index is 0.0340. The van der Waals surface area contributed by atoms with Crippen molar-refractivity contribution >= 4 is 32.6 Å². The van der Waals surface area contributed by atoms with Crippen molar-refractivity contribution < 1.29 is 21.7 Å². The Hall–Kier alpha value is -2.54. The minimum atomic E-state index is -4.41. The van der Waals surface area contributed by atoms with E-state index in [-0.39, 0.29) is 5.41 Å². The maximum atomic E-state index is 9.22. The lowest BCUT2D eigenvalue weighted by atomic mass is 9.73. The summed E-state index contributed by atoms with van der Waals surface area (Å²) >= 11 is 0. The molecule has 0 saturated carbocycles. The summed E-state index contributed by atoms with van der Waals surface area (Å²) in [5.74, 6) is 0. The first-order chi connectivity index (χ1) is 13.7. The van der Waals surface area contributed by atoms with Crippen molar-refractivity contribution in [1.82, 2.24) is 0 Å². The zero-order valence-corrected chi connectivity index (χ0v) is 17.9. The van der Waals surface area contributed by atoms with Gasteiger partial charge in [0.15, 0.2) is 5.71 Å². The predicted molar refractivity (Wildman–Crippen MR) is 115 cm³/mol. The molecule has 1 unspecified atom stereocenters. The fourth-order valence-electron chi connectivity index (χ4n) is 4.07. The van der Waals surface area contributed by atoms with Crippen molar-refractivity contribution in [1.29, 1.82) is 0 Å². The van der Waals surface area contributed by atoms with Crippen LogP contribution in [0.3, 0.4) is 0 Å². The van der Waals surface area contributed by atoms with Crippen LogP contribution in [0.15, 0.2) is 66.7 Å². The third kappa shape index (κ3) is 4.24. The Morgan fingerprint density at radius 2 is 1.59 bits per heavy atom. The van der Waals surface area contributed by atoms with Crippen LogP contribution in [0.2, 0.25) is 0 Å². The Kier molecular flexibility index (Phi) is 5.89. The van der Waals surface area contributed by atoms with Crippen LogP contribution >= 0.6 is 0 Å². The highest BCUT2D eigenvalue weighted by Gasteiger charge is 2.46. The van der Waals surface area contributed by atoms with Gasteiger partial charge in [0.05, 0.1) is 12.5 Å². The summed E-state index contributed by atoms with van der Waals surface area (Å²) in [6.45, 7) is 4.67. The highest BCUT2D eigenvalue weighted by Crippen LogP contribution is 2.45. The molecule has 3 aromatic carbocycles. The molecule has 0 N–H and O–H groups in total. The van der Waals surface area contributed by atoms with Crippen molar-refractivity contribution in [2.75, 3.05) is 14.2 Å². The molecule has 0 radical (unpaired) electrons. The van der Waals surface area contributed by atoms with E-state index in [1.54, 1.807) is 0 Å². The first-order valence-electron chi connectivity index (χ1n) is 9.33. The van der Waals surface area contributed by atoms with Gasteiger partial charge in [-0.25, -0.2) is 13.0 Å². The van der Waals surface area contributed by atoms with Crippen molar-refractivity contribution in [2.24, 2.45) is 0 Å². The van der Waals surface area contributed by atoms with E-state index in [0.717, 1.165) is 13.5 Å². The molecule has 6 heteroatoms. The highest BCUT2D eigenvalue weighted by atomic mass is 32.3. The zero-order chi connectivity index (χ0) is 21.2. The molecule has 3 aromatic rings. The summed E-state index contributed by atoms with van der Waals surface area (Å²) < 4.78 is 33.4. The second kappa shape index (κ2) is 8.06. The number of nitrogens with zero attached hydrogens (tertiary/aromatic N) is 1. The summed E-state index contributed by atoms with van der Waals surface area (Å²) in [7, 11) is -1.41. The van der Waals surface area contributed by atoms with Gasteiger partial charge in [-0.15, -0.1) is 0 Å². The largest absolute Gasteiger partial charge is 0.726 e. The highest BCUT2D eigenvalue weighted by molar-refractivity contribution is 7.80. The van der Waals surface area contributed by atoms with Crippen LogP contribution in [-0.4, -0.2) is 37.4 Å². The van der Waals surface area contributed by atoms with Crippen molar-refractivity contribution in [3.63, 3.8) is 0 Å². The first-order valence-corrected chi connectivity index (χ1v) is 10.7. The van der Waals surface area contributed by atoms with E-state index in [4.69, 9.17) is 0 Å². The summed E-state index contributed by atoms with van der Waals surface area (Å²) in [5, 5.41) is 2.71. The second-order valence-electron chi connectivity index (χ2n) is 7.39. The Bertz CT molecular complexity index is 1170. The van der Waals surface area contributed by atoms with Gasteiger partial charge in [0.2, 0.25) is 16.1 Å². The standard InChI is InChI=1S/C22H22N.CH4O4S/c1-16-22(2,15-17-9-5-4-6-10-17)21-19-12-8-7-11-18(19)13-14-20(21)23(16)3;1-5-6(2,3)4/h4-14H,15H2,1-3H3;1H3,(H,2,3,4)/q+1;/p-1. The molecule has 0 amide bonds. The normalized spacial score (nSPS) is 18.4. The third-order valence-electron chi connectivity index (χ3n) is 5.73. The molecule has 0 saturated heterocycles. The predicted octanol–water partition coefficient (Wildman–Crippen LogP) is 4.18. The van der Waals surface area contributed by atoms with Crippen LogP contribution in [0.1, 0.15) is 25.0 Å². The van der Waals surface area contributed by atoms with Crippen LogP contribution in [0.5, 0.6) is 0 Å². The van der Waals surface area contributed by atoms with E-state index in [0.29, 0.717) is 0 Å². The zero-order valence-electron chi connectivity index (χ0n) is 17.0. The maximum absolute atomic E-state index is 9.22. The molecule has 0 spiro atoms. The molecule has 0 fully saturated rings. The fraction of sp³-hybridized carbons (Fsp3) is 0.261. The topological polar surface area (TPSA) is 69.4 Å². The number of hydrogen-bond donors (Lipinski definition) is 0. The summed E-state index contributed by atoms with van der Waals surface area (Å²) in [6, 6.07) is 24.1. The molecule has 0 aromatic heterocycles. The molecular formula is C23H25NO4S. The van der Waals surface area contributed by atoms with E-state index in [1.807, 2.05) is 0 Å². The summed E-state index contributed by atoms with van der Waals surface area (Å²) in [4.78, 5) is 0. The van der Waals surface area contributed by atoms with E-state index < -0.39 is 10.4 Å². The number of hydrogen-bond acceptors (Lipinski definition) is 4. The molecule has 4 rings (SSSR count). The van der Waals surface area contributed by atoms with E-state index in [9.17, 15) is 13.0 Å². The average Bonchev–Trinajstić information content (AvgIpc) is 2.90. The van der Waals surface area contributed by atoms with Gasteiger partial charge < -0.3 is 4.55 Å². The molecule has 0 bridgehead atoms. The number of benzene rings is 3. The third-order valence-corrected chi connectivity index (χ3v) is 6.13. The number of fused-ring (bicyclic) bond motifs is 3. The van der Waals surface area contributed by atoms with Crippen LogP contribution in [0.25, 0.3) is 10.8 Å². The Morgan fingerprint density at radius 1 is 1.00 bits per heavy atom. The van der Waals surface area contributed by atoms with Gasteiger partial charge in [0.1, 0.15) is 7.05 Å². The molecule has 152 valence electrons. The number of rotatable bonds is 3. The van der Waals surface area contributed by atoms with Gasteiger partial charge in [0.25, 0.3) is 0 Å². The maximum Gasteiger partial charge on any atom is 0.217 e. The van der Waals surface area contributed by atoms with Crippen LogP contribution in [0.4, 0.5) is 5.69 Å². The molecule has 1 aliphatic heterocycles. The minimum Gasteiger partial charge on any atom is -0.726 e. The molecule has 5 nitrogen and oxygen atoms in total. The molecule has 1 aliphatic rings. The SMILES string of the molecule is CC1=[N+](C)c2ccc3ccccc3c2C1(C)Cc1ccccc1.COS(=O)(=O)[O-]. The van der Waals surface area contributed by atoms with Crippen LogP contribution < -0.4 is 0 Å². The van der Waals surface area contributed by atoms with Gasteiger partial charge in [-0.05, 0) is 35.7 Å². The van der Waals surface area contributed by atoms with Crippen molar-refractivity contribution in [3.8, 4) is 0 Å². The second-order valence-corrected chi connectivity index (χ2v) is 8.54. The van der Waals surface area contributed by atoms with Gasteiger partial charge >= 0.3 is 0 Å². The Labute approximate surface area is 172 Å². The molecule has 29 heavy (non-hydrogen) atoms. The fourth-order valence-corrected chi connectivity index (χ4v) is 4.07. The quantitative estimate of drug-likeness (QED) is 0.368.